The Morgan fingerprint density at radius 1 is 0.509 bits per heavy atom. The highest BCUT2D eigenvalue weighted by atomic mass is 127. The molecule has 27 heteroatoms. The van der Waals surface area contributed by atoms with E-state index in [0.717, 1.165) is 16.2 Å². The van der Waals surface area contributed by atoms with Crippen LogP contribution >= 0.6 is 114 Å². The summed E-state index contributed by atoms with van der Waals surface area (Å²) in [5, 5.41) is 23.7. The summed E-state index contributed by atoms with van der Waals surface area (Å²) in [5.74, 6) is -0.595. The van der Waals surface area contributed by atoms with Gasteiger partial charge in [0.2, 0.25) is 5.43 Å². The molecule has 18 nitrogen and oxygen atoms in total. The van der Waals surface area contributed by atoms with Crippen molar-refractivity contribution in [3.8, 4) is 17.2 Å². The highest BCUT2D eigenvalue weighted by Crippen LogP contribution is 2.44. The molecule has 108 heavy (non-hydrogen) atoms. The molecule has 0 aliphatic heterocycles. The first-order valence-corrected chi connectivity index (χ1v) is 50.7. The molecule has 0 fully saturated rings. The number of hydrogen-bond acceptors (Lipinski definition) is 17. The number of hydrogen-bond donors (Lipinski definition) is 2. The summed E-state index contributed by atoms with van der Waals surface area (Å²) in [7, 11) is -6.05. The van der Waals surface area contributed by atoms with E-state index in [9.17, 15) is 29.4 Å². The molecule has 0 spiro atoms. The first-order valence-electron chi connectivity index (χ1n) is 36.9. The van der Waals surface area contributed by atoms with Gasteiger partial charge in [-0.15, -0.1) is 0 Å². The zero-order valence-electron chi connectivity index (χ0n) is 70.6. The summed E-state index contributed by atoms with van der Waals surface area (Å²) >= 11 is 21.7. The zero-order chi connectivity index (χ0) is 83.9. The number of aliphatic hydroxyl groups excluding tert-OH is 2. The van der Waals surface area contributed by atoms with Gasteiger partial charge < -0.3 is 56.5 Å². The highest BCUT2D eigenvalue weighted by Gasteiger charge is 2.42. The van der Waals surface area contributed by atoms with Gasteiger partial charge in [-0.25, -0.2) is 14.4 Å². The Bertz CT molecular complexity index is 3920. The molecule has 0 aliphatic rings. The number of aromatic nitrogens is 1. The van der Waals surface area contributed by atoms with Crippen LogP contribution in [0.2, 0.25) is 64.4 Å². The van der Waals surface area contributed by atoms with Crippen molar-refractivity contribution < 1.29 is 66.3 Å². The summed E-state index contributed by atoms with van der Waals surface area (Å²) in [6, 6.07) is 8.11. The molecule has 0 amide bonds. The van der Waals surface area contributed by atoms with Gasteiger partial charge >= 0.3 is 17.9 Å². The van der Waals surface area contributed by atoms with Crippen LogP contribution < -0.4 is 19.6 Å². The van der Waals surface area contributed by atoms with E-state index in [4.69, 9.17) is 74.9 Å². The maximum atomic E-state index is 13.4. The highest BCUT2D eigenvalue weighted by molar-refractivity contribution is 14.1. The number of pyridine rings is 1. The number of rotatable bonds is 28. The number of carbonyl (C=O) groups excluding carboxylic acids is 3. The molecule has 0 bridgehead atoms. The average Bonchev–Trinajstić information content (AvgIpc) is 0.752. The van der Waals surface area contributed by atoms with Crippen LogP contribution in [0.1, 0.15) is 214 Å². The number of carbonyl (C=O) groups is 3. The van der Waals surface area contributed by atoms with Crippen molar-refractivity contribution in [2.45, 2.75) is 278 Å². The second kappa shape index (κ2) is 41.6. The van der Waals surface area contributed by atoms with Crippen molar-refractivity contribution >= 4 is 191 Å². The fourth-order valence-electron chi connectivity index (χ4n) is 9.21. The van der Waals surface area contributed by atoms with Crippen LogP contribution in [0.25, 0.3) is 22.4 Å². The molecule has 3 aromatic carbocycles. The molecule has 2 N–H and O–H groups in total. The Morgan fingerprint density at radius 2 is 0.880 bits per heavy atom. The lowest BCUT2D eigenvalue weighted by molar-refractivity contribution is -0.138. The first kappa shape index (κ1) is 101. The van der Waals surface area contributed by atoms with E-state index in [-0.39, 0.29) is 131 Å². The molecule has 1 heterocycles. The fourth-order valence-corrected chi connectivity index (χ4v) is 15.8. The van der Waals surface area contributed by atoms with Gasteiger partial charge in [0, 0.05) is 47.3 Å². The zero-order valence-corrected chi connectivity index (χ0v) is 83.8. The van der Waals surface area contributed by atoms with Crippen LogP contribution in [0.3, 0.4) is 0 Å². The van der Waals surface area contributed by atoms with Crippen molar-refractivity contribution in [2.75, 3.05) is 39.6 Å². The first-order chi connectivity index (χ1) is 49.0. The van der Waals surface area contributed by atoms with Crippen molar-refractivity contribution in [3.05, 3.63) is 98.9 Å². The standard InChI is InChI=1S/C27H42ClI2NO5Si.C27H43ClINO5Si.C27H42INO5Si/c1-12-34-25(33)18(14-31-20(26(4,5)6)15-35-37(10,11)27(7,8)9)23(32)17-13-19(29)24(36-16(2)3)22(30)21(17)28;1-12-33-25(32)19(24(31)18-13-21(29)22(14-20(18)28)35-17(2)3)15-30-23(26(4,5)6)16-34-36(10,11)27(7,8)9;1-12-32-25(31)19-15-29(23(26(4,5)6)16-33-35(10,11)27(7,8)9)21-14-22(34-17(2)3)20(28)13-18(21)24(19)30/h13-14,16,20,32H,12,15H2,1-11H3;13-15,17,23,31H,12,16H2,1-11H3;13-15,17,23H,12,16H2,1-11H3/t20-;2*23-/m111/s1. The SMILES string of the molecule is CCOC(=O)C(C=N[C@H](CO[Si](C)(C)C(C)(C)C)C(C)(C)C)=C(O)c1cc(I)c(OC(C)C)c(I)c1Cl.CCOC(=O)C(C=N[C@H](CO[Si](C)(C)C(C)(C)C)C(C)(C)C)=C(O)c1cc(I)c(OC(C)C)cc1Cl.CCOC(=O)c1cn([C@H](CO[Si](C)(C)C(C)(C)C)C(C)(C)C)c2cc(OC(C)C)c(I)cc2c1=O. The van der Waals surface area contributed by atoms with Crippen molar-refractivity contribution in [1.29, 1.82) is 0 Å². The lowest BCUT2D eigenvalue weighted by Gasteiger charge is -2.40. The van der Waals surface area contributed by atoms with E-state index in [1.54, 1.807) is 45.2 Å². The predicted molar refractivity (Wildman–Crippen MR) is 489 cm³/mol. The Kier molecular flexibility index (Phi) is 39.0. The topological polar surface area (TPSA) is 221 Å². The number of benzene rings is 3. The maximum absolute atomic E-state index is 13.4. The summed E-state index contributed by atoms with van der Waals surface area (Å²) in [4.78, 5) is 61.5. The van der Waals surface area contributed by atoms with E-state index in [0.29, 0.717) is 57.2 Å². The van der Waals surface area contributed by atoms with E-state index < -0.39 is 42.9 Å². The monoisotopic (exact) mass is 2040 g/mol. The van der Waals surface area contributed by atoms with Crippen LogP contribution in [0.15, 0.2) is 62.5 Å². The van der Waals surface area contributed by atoms with Gasteiger partial charge in [0.25, 0.3) is 0 Å². The molecule has 0 saturated heterocycles. The fraction of sp³-hybridized carbons (Fsp3) is 0.630. The minimum atomic E-state index is -2.04. The number of esters is 3. The van der Waals surface area contributed by atoms with Crippen molar-refractivity contribution in [1.82, 2.24) is 4.57 Å². The third kappa shape index (κ3) is 29.4. The van der Waals surface area contributed by atoms with E-state index in [1.807, 2.05) is 58.2 Å². The van der Waals surface area contributed by atoms with Crippen molar-refractivity contribution in [3.63, 3.8) is 0 Å². The molecule has 4 aromatic rings. The van der Waals surface area contributed by atoms with Crippen LogP contribution in [0.5, 0.6) is 17.2 Å². The lowest BCUT2D eigenvalue weighted by atomic mass is 9.86. The van der Waals surface area contributed by atoms with Gasteiger partial charge in [-0.1, -0.05) is 148 Å². The number of halogens is 6. The van der Waals surface area contributed by atoms with Crippen molar-refractivity contribution in [2.24, 2.45) is 26.2 Å². The van der Waals surface area contributed by atoms with Gasteiger partial charge in [0.1, 0.15) is 45.5 Å². The Hall–Kier alpha value is -2.87. The third-order valence-corrected chi connectivity index (χ3v) is 37.2. The molecule has 1 aromatic heterocycles. The second-order valence-corrected chi connectivity index (χ2v) is 55.1. The molecule has 0 saturated carbocycles. The molecule has 610 valence electrons. The number of nitrogens with zero attached hydrogens (tertiary/aromatic N) is 3. The maximum Gasteiger partial charge on any atom is 0.343 e. The predicted octanol–water partition coefficient (Wildman–Crippen LogP) is 23.9. The summed E-state index contributed by atoms with van der Waals surface area (Å²) in [5.41, 5.74) is 0.210. The third-order valence-electron chi connectivity index (χ3n) is 19.1. The lowest BCUT2D eigenvalue weighted by Crippen LogP contribution is -2.44. The van der Waals surface area contributed by atoms with Crippen LogP contribution in [0, 0.1) is 30.5 Å². The number of aliphatic imine (C=N–C) groups is 2. The van der Waals surface area contributed by atoms with Crippen LogP contribution in [-0.2, 0) is 37.1 Å². The second-order valence-electron chi connectivity index (χ2n) is 35.3. The van der Waals surface area contributed by atoms with Crippen LogP contribution in [-0.4, -0.2) is 140 Å². The van der Waals surface area contributed by atoms with E-state index >= 15 is 0 Å². The number of ether oxygens (including phenoxy) is 6. The molecule has 0 unspecified atom stereocenters. The number of aliphatic hydroxyl groups is 2. The summed E-state index contributed by atoms with van der Waals surface area (Å²) in [6.45, 7) is 70.6. The smallest absolute Gasteiger partial charge is 0.343 e. The minimum absolute atomic E-state index is 0.0136. The van der Waals surface area contributed by atoms with Gasteiger partial charge in [-0.05, 0) is 242 Å². The molecule has 0 aliphatic carbocycles. The molecule has 4 rings (SSSR count). The van der Waals surface area contributed by atoms with Gasteiger partial charge in [0.15, 0.2) is 25.0 Å². The normalized spacial score (nSPS) is 14.4. The summed E-state index contributed by atoms with van der Waals surface area (Å²) < 4.78 is 58.0. The van der Waals surface area contributed by atoms with E-state index in [1.165, 1.54) is 12.4 Å². The van der Waals surface area contributed by atoms with Gasteiger partial charge in [-0.3, -0.25) is 14.8 Å². The average molecular weight is 2050 g/mol. The quantitative estimate of drug-likeness (QED) is 0.00789. The Balaban J connectivity index is 0.000000550. The molecular weight excluding hydrogens is 1920 g/mol. The van der Waals surface area contributed by atoms with Crippen LogP contribution in [0.4, 0.5) is 0 Å². The van der Waals surface area contributed by atoms with Gasteiger partial charge in [-0.2, -0.15) is 0 Å². The Morgan fingerprint density at radius 3 is 1.25 bits per heavy atom. The largest absolute Gasteiger partial charge is 0.506 e. The Labute approximate surface area is 714 Å². The van der Waals surface area contributed by atoms with Gasteiger partial charge in [0.05, 0.1) is 106 Å². The number of fused-ring (bicyclic) bond motifs is 1. The molecular formula is C81H127Cl2I4N3O15Si3. The molecule has 3 atom stereocenters. The minimum Gasteiger partial charge on any atom is -0.506 e. The van der Waals surface area contributed by atoms with E-state index in [2.05, 4.69) is 254 Å². The molecule has 0 radical (unpaired) electrons. The summed E-state index contributed by atoms with van der Waals surface area (Å²) in [6.07, 6.45) is 4.35.